The Kier molecular flexibility index (Phi) is 3.59. The van der Waals surface area contributed by atoms with E-state index in [4.69, 9.17) is 0 Å². The zero-order chi connectivity index (χ0) is 8.27. The summed E-state index contributed by atoms with van der Waals surface area (Å²) in [5.41, 5.74) is 0. The van der Waals surface area contributed by atoms with Gasteiger partial charge in [0.25, 0.3) is 0 Å². The van der Waals surface area contributed by atoms with E-state index in [0.717, 1.165) is 12.3 Å². The first-order valence-electron chi connectivity index (χ1n) is 3.62. The number of thioether (sulfide) groups is 1. The third kappa shape index (κ3) is 2.30. The van der Waals surface area contributed by atoms with Gasteiger partial charge in [-0.25, -0.2) is 0 Å². The Labute approximate surface area is 77.1 Å². The van der Waals surface area contributed by atoms with Crippen molar-refractivity contribution in [3.05, 3.63) is 5.88 Å². The summed E-state index contributed by atoms with van der Waals surface area (Å²) in [6.45, 7) is 2.77. The Morgan fingerprint density at radius 2 is 2.64 bits per heavy atom. The van der Waals surface area contributed by atoms with Crippen LogP contribution in [-0.4, -0.2) is 28.9 Å². The van der Waals surface area contributed by atoms with E-state index in [0.29, 0.717) is 5.75 Å². The lowest BCUT2D eigenvalue weighted by molar-refractivity contribution is -0.131. The van der Waals surface area contributed by atoms with Crippen LogP contribution in [0.15, 0.2) is 0 Å². The fourth-order valence-corrected chi connectivity index (χ4v) is 1.82. The van der Waals surface area contributed by atoms with Crippen molar-refractivity contribution in [3.8, 4) is 0 Å². The van der Waals surface area contributed by atoms with Gasteiger partial charge in [0.2, 0.25) is 5.91 Å². The molecule has 0 aromatic heterocycles. The zero-order valence-corrected chi connectivity index (χ0v) is 8.20. The molecule has 1 saturated heterocycles. The molecule has 1 aliphatic heterocycles. The molecule has 1 heterocycles. The van der Waals surface area contributed by atoms with Crippen LogP contribution < -0.4 is 0 Å². The van der Waals surface area contributed by atoms with Gasteiger partial charge in [0, 0.05) is 24.0 Å². The highest BCUT2D eigenvalue weighted by molar-refractivity contribution is 8.01. The van der Waals surface area contributed by atoms with Crippen LogP contribution in [-0.2, 0) is 4.79 Å². The van der Waals surface area contributed by atoms with E-state index in [-0.39, 0.29) is 11.8 Å². The van der Waals surface area contributed by atoms with E-state index in [1.165, 1.54) is 0 Å². The second-order valence-corrected chi connectivity index (χ2v) is 3.91. The van der Waals surface area contributed by atoms with Crippen LogP contribution in [0.5, 0.6) is 0 Å². The summed E-state index contributed by atoms with van der Waals surface area (Å²) in [7, 11) is 0. The molecule has 0 aromatic rings. The van der Waals surface area contributed by atoms with Crippen LogP contribution >= 0.6 is 24.4 Å². The van der Waals surface area contributed by atoms with E-state index in [1.807, 2.05) is 12.8 Å². The van der Waals surface area contributed by atoms with Gasteiger partial charge in [-0.3, -0.25) is 4.79 Å². The van der Waals surface area contributed by atoms with Crippen LogP contribution in [0, 0.1) is 11.8 Å². The highest BCUT2D eigenvalue weighted by atomic mass is 32.2. The predicted octanol–water partition coefficient (Wildman–Crippen LogP) is 1.25. The van der Waals surface area contributed by atoms with E-state index in [9.17, 15) is 4.79 Å². The van der Waals surface area contributed by atoms with Crippen molar-refractivity contribution in [1.82, 2.24) is 4.90 Å². The van der Waals surface area contributed by atoms with Gasteiger partial charge in [0.15, 0.2) is 0 Å². The number of thiol groups is 1. The second kappa shape index (κ2) is 4.26. The lowest BCUT2D eigenvalue weighted by Gasteiger charge is -2.17. The summed E-state index contributed by atoms with van der Waals surface area (Å²) in [4.78, 5) is 13.2. The van der Waals surface area contributed by atoms with Gasteiger partial charge in [-0.1, -0.05) is 6.92 Å². The Hall–Kier alpha value is 0.170. The molecule has 0 aliphatic carbocycles. The van der Waals surface area contributed by atoms with Gasteiger partial charge in [-0.2, -0.15) is 12.6 Å². The SMILES string of the molecule is CC(CS)C(=O)N1[CH]SCC1. The Morgan fingerprint density at radius 3 is 3.09 bits per heavy atom. The monoisotopic (exact) mass is 190 g/mol. The first-order chi connectivity index (χ1) is 5.25. The van der Waals surface area contributed by atoms with Crippen molar-refractivity contribution in [2.45, 2.75) is 6.92 Å². The van der Waals surface area contributed by atoms with Crippen molar-refractivity contribution in [3.63, 3.8) is 0 Å². The molecule has 2 nitrogen and oxygen atoms in total. The largest absolute Gasteiger partial charge is 0.327 e. The molecule has 0 aromatic carbocycles. The lowest BCUT2D eigenvalue weighted by atomic mass is 10.2. The van der Waals surface area contributed by atoms with Crippen LogP contribution in [0.1, 0.15) is 6.92 Å². The van der Waals surface area contributed by atoms with Crippen LogP contribution in [0.3, 0.4) is 0 Å². The summed E-state index contributed by atoms with van der Waals surface area (Å²) < 4.78 is 0. The first kappa shape index (κ1) is 9.26. The molecule has 63 valence electrons. The molecule has 1 unspecified atom stereocenters. The molecule has 1 fully saturated rings. The number of amides is 1. The van der Waals surface area contributed by atoms with Crippen molar-refractivity contribution >= 4 is 30.3 Å². The van der Waals surface area contributed by atoms with E-state index in [1.54, 1.807) is 16.7 Å². The van der Waals surface area contributed by atoms with Gasteiger partial charge in [-0.05, 0) is 0 Å². The molecule has 4 heteroatoms. The third-order valence-electron chi connectivity index (χ3n) is 1.63. The Bertz CT molecular complexity index is 145. The van der Waals surface area contributed by atoms with Crippen molar-refractivity contribution in [2.24, 2.45) is 5.92 Å². The standard InChI is InChI=1S/C7H12NOS2/c1-6(4-10)7(9)8-2-3-11-5-8/h5-6,10H,2-4H2,1H3. The molecule has 1 radical (unpaired) electrons. The van der Waals surface area contributed by atoms with Crippen molar-refractivity contribution in [2.75, 3.05) is 18.1 Å². The van der Waals surface area contributed by atoms with Gasteiger partial charge < -0.3 is 4.90 Å². The Balaban J connectivity index is 2.39. The third-order valence-corrected chi connectivity index (χ3v) is 3.00. The Morgan fingerprint density at radius 1 is 1.91 bits per heavy atom. The summed E-state index contributed by atoms with van der Waals surface area (Å²) in [6, 6.07) is 0. The smallest absolute Gasteiger partial charge is 0.227 e. The molecule has 1 atom stereocenters. The number of rotatable bonds is 2. The van der Waals surface area contributed by atoms with Gasteiger partial charge >= 0.3 is 0 Å². The normalized spacial score (nSPS) is 20.4. The topological polar surface area (TPSA) is 20.3 Å². The molecule has 1 rings (SSSR count). The lowest BCUT2D eigenvalue weighted by Crippen LogP contribution is -2.31. The molecule has 0 N–H and O–H groups in total. The highest BCUT2D eigenvalue weighted by Gasteiger charge is 2.22. The number of hydrogen-bond donors (Lipinski definition) is 1. The zero-order valence-electron chi connectivity index (χ0n) is 6.49. The molecule has 0 spiro atoms. The quantitative estimate of drug-likeness (QED) is 0.661. The van der Waals surface area contributed by atoms with E-state index >= 15 is 0 Å². The fourth-order valence-electron chi connectivity index (χ4n) is 0.870. The average Bonchev–Trinajstić information content (AvgIpc) is 2.53. The second-order valence-electron chi connectivity index (χ2n) is 2.59. The van der Waals surface area contributed by atoms with Gasteiger partial charge in [0.1, 0.15) is 5.88 Å². The number of carbonyl (C=O) groups is 1. The van der Waals surface area contributed by atoms with Crippen LogP contribution in [0.2, 0.25) is 0 Å². The van der Waals surface area contributed by atoms with Gasteiger partial charge in [0.05, 0.1) is 0 Å². The van der Waals surface area contributed by atoms with E-state index < -0.39 is 0 Å². The number of carbonyl (C=O) groups excluding carboxylic acids is 1. The molecule has 1 aliphatic rings. The van der Waals surface area contributed by atoms with Crippen LogP contribution in [0.4, 0.5) is 0 Å². The summed E-state index contributed by atoms with van der Waals surface area (Å²) in [5.74, 6) is 3.82. The fraction of sp³-hybridized carbons (Fsp3) is 0.714. The number of hydrogen-bond acceptors (Lipinski definition) is 3. The van der Waals surface area contributed by atoms with Crippen molar-refractivity contribution in [1.29, 1.82) is 0 Å². The molecular formula is C7H12NOS2. The highest BCUT2D eigenvalue weighted by Crippen LogP contribution is 2.20. The molecule has 11 heavy (non-hydrogen) atoms. The maximum absolute atomic E-state index is 11.4. The minimum Gasteiger partial charge on any atom is -0.327 e. The first-order valence-corrected chi connectivity index (χ1v) is 5.30. The maximum Gasteiger partial charge on any atom is 0.227 e. The molecule has 0 bridgehead atoms. The minimum absolute atomic E-state index is 0.0493. The van der Waals surface area contributed by atoms with E-state index in [2.05, 4.69) is 12.6 Å². The minimum atomic E-state index is 0.0493. The summed E-state index contributed by atoms with van der Waals surface area (Å²) >= 11 is 5.77. The average molecular weight is 190 g/mol. The predicted molar refractivity (Wildman–Crippen MR) is 51.5 cm³/mol. The molecule has 1 amide bonds. The van der Waals surface area contributed by atoms with Gasteiger partial charge in [-0.15, -0.1) is 11.8 Å². The molecular weight excluding hydrogens is 178 g/mol. The van der Waals surface area contributed by atoms with Crippen LogP contribution in [0.25, 0.3) is 0 Å². The summed E-state index contributed by atoms with van der Waals surface area (Å²) in [6.07, 6.45) is 0. The maximum atomic E-state index is 11.4. The molecule has 0 saturated carbocycles. The number of nitrogens with zero attached hydrogens (tertiary/aromatic N) is 1. The van der Waals surface area contributed by atoms with Crippen molar-refractivity contribution < 1.29 is 4.79 Å². The summed E-state index contributed by atoms with van der Waals surface area (Å²) in [5, 5.41) is 0.